The first-order valence-corrected chi connectivity index (χ1v) is 7.79. The predicted molar refractivity (Wildman–Crippen MR) is 92.5 cm³/mol. The number of rotatable bonds is 3. The minimum absolute atomic E-state index is 0.333. The number of nitrogens with zero attached hydrogens (tertiary/aromatic N) is 1. The van der Waals surface area contributed by atoms with Crippen molar-refractivity contribution in [1.82, 2.24) is 0 Å². The molecule has 0 aromatic heterocycles. The highest BCUT2D eigenvalue weighted by Gasteiger charge is 2.10. The van der Waals surface area contributed by atoms with Crippen molar-refractivity contribution in [2.75, 3.05) is 18.5 Å². The molecule has 3 N–H and O–H groups in total. The zero-order valence-electron chi connectivity index (χ0n) is 12.6. The van der Waals surface area contributed by atoms with Gasteiger partial charge in [-0.15, -0.1) is 0 Å². The Hall–Kier alpha value is -2.40. The summed E-state index contributed by atoms with van der Waals surface area (Å²) < 4.78 is 11.3. The molecule has 0 spiro atoms. The predicted octanol–water partition coefficient (Wildman–Crippen LogP) is 3.43. The number of ether oxygens (including phenoxy) is 2. The molecule has 0 unspecified atom stereocenters. The molecule has 0 atom stereocenters. The summed E-state index contributed by atoms with van der Waals surface area (Å²) >= 11 is 5.95. The third-order valence-corrected chi connectivity index (χ3v) is 3.58. The van der Waals surface area contributed by atoms with Crippen LogP contribution in [0.1, 0.15) is 12.0 Å². The van der Waals surface area contributed by atoms with Crippen molar-refractivity contribution in [2.24, 2.45) is 10.7 Å². The van der Waals surface area contributed by atoms with Crippen LogP contribution >= 0.6 is 11.6 Å². The Morgan fingerprint density at radius 1 is 1.13 bits per heavy atom. The Balaban J connectivity index is 1.66. The fourth-order valence-corrected chi connectivity index (χ4v) is 2.45. The molecule has 0 bridgehead atoms. The first kappa shape index (κ1) is 15.5. The highest BCUT2D eigenvalue weighted by atomic mass is 35.5. The van der Waals surface area contributed by atoms with Gasteiger partial charge in [0.15, 0.2) is 17.5 Å². The molecule has 0 aliphatic carbocycles. The molecule has 2 aromatic rings. The van der Waals surface area contributed by atoms with E-state index in [1.807, 2.05) is 42.5 Å². The van der Waals surface area contributed by atoms with Gasteiger partial charge >= 0.3 is 0 Å². The summed E-state index contributed by atoms with van der Waals surface area (Å²) in [6, 6.07) is 13.2. The molecule has 1 aliphatic rings. The first-order chi connectivity index (χ1) is 11.2. The van der Waals surface area contributed by atoms with Gasteiger partial charge in [0.25, 0.3) is 0 Å². The lowest BCUT2D eigenvalue weighted by molar-refractivity contribution is 0.297. The van der Waals surface area contributed by atoms with E-state index in [1.165, 1.54) is 0 Å². The maximum Gasteiger partial charge on any atom is 0.193 e. The summed E-state index contributed by atoms with van der Waals surface area (Å²) in [4.78, 5) is 4.31. The third kappa shape index (κ3) is 4.29. The molecule has 0 saturated carbocycles. The highest BCUT2D eigenvalue weighted by molar-refractivity contribution is 6.30. The Morgan fingerprint density at radius 2 is 1.96 bits per heavy atom. The van der Waals surface area contributed by atoms with Crippen molar-refractivity contribution in [3.05, 3.63) is 53.1 Å². The quantitative estimate of drug-likeness (QED) is 0.668. The highest BCUT2D eigenvalue weighted by Crippen LogP contribution is 2.32. The molecule has 120 valence electrons. The van der Waals surface area contributed by atoms with Crippen LogP contribution in [0.15, 0.2) is 47.5 Å². The molecule has 3 rings (SSSR count). The van der Waals surface area contributed by atoms with Gasteiger partial charge in [-0.05, 0) is 29.8 Å². The van der Waals surface area contributed by atoms with E-state index < -0.39 is 0 Å². The van der Waals surface area contributed by atoms with Gasteiger partial charge in [0, 0.05) is 23.2 Å². The standard InChI is InChI=1S/C17H18ClN3O2/c18-13-4-1-3-12(9-13)11-20-17(19)21-14-5-6-15-16(10-14)23-8-2-7-22-15/h1,3-6,9-10H,2,7-8,11H2,(H3,19,20,21). The summed E-state index contributed by atoms with van der Waals surface area (Å²) in [6.45, 7) is 1.78. The summed E-state index contributed by atoms with van der Waals surface area (Å²) in [5.41, 5.74) is 7.74. The number of halogens is 1. The van der Waals surface area contributed by atoms with Gasteiger partial charge in [-0.1, -0.05) is 23.7 Å². The molecule has 5 nitrogen and oxygen atoms in total. The second-order valence-electron chi connectivity index (χ2n) is 5.17. The van der Waals surface area contributed by atoms with Crippen molar-refractivity contribution >= 4 is 23.2 Å². The fourth-order valence-electron chi connectivity index (χ4n) is 2.24. The molecule has 0 fully saturated rings. The van der Waals surface area contributed by atoms with Crippen molar-refractivity contribution in [1.29, 1.82) is 0 Å². The number of hydrogen-bond acceptors (Lipinski definition) is 3. The van der Waals surface area contributed by atoms with Gasteiger partial charge in [-0.25, -0.2) is 4.99 Å². The monoisotopic (exact) mass is 331 g/mol. The Bertz CT molecular complexity index is 719. The largest absolute Gasteiger partial charge is 0.490 e. The van der Waals surface area contributed by atoms with Crippen LogP contribution in [-0.2, 0) is 6.54 Å². The number of nitrogens with two attached hydrogens (primary N) is 1. The minimum atomic E-state index is 0.333. The molecular weight excluding hydrogens is 314 g/mol. The van der Waals surface area contributed by atoms with Gasteiger partial charge < -0.3 is 20.5 Å². The summed E-state index contributed by atoms with van der Waals surface area (Å²) in [5, 5.41) is 3.74. The molecule has 1 heterocycles. The zero-order valence-corrected chi connectivity index (χ0v) is 13.3. The van der Waals surface area contributed by atoms with E-state index in [0.29, 0.717) is 30.7 Å². The molecular formula is C17H18ClN3O2. The number of hydrogen-bond donors (Lipinski definition) is 2. The fraction of sp³-hybridized carbons (Fsp3) is 0.235. The number of anilines is 1. The SMILES string of the molecule is NC(=NCc1cccc(Cl)c1)Nc1ccc2c(c1)OCCCO2. The van der Waals surface area contributed by atoms with E-state index in [1.54, 1.807) is 0 Å². The van der Waals surface area contributed by atoms with Crippen molar-refractivity contribution < 1.29 is 9.47 Å². The van der Waals surface area contributed by atoms with Crippen LogP contribution in [0, 0.1) is 0 Å². The van der Waals surface area contributed by atoms with Gasteiger partial charge in [0.2, 0.25) is 0 Å². The van der Waals surface area contributed by atoms with E-state index in [0.717, 1.165) is 29.2 Å². The van der Waals surface area contributed by atoms with Crippen molar-refractivity contribution in [3.8, 4) is 11.5 Å². The van der Waals surface area contributed by atoms with Gasteiger partial charge in [-0.3, -0.25) is 0 Å². The summed E-state index contributed by atoms with van der Waals surface area (Å²) in [6.07, 6.45) is 0.876. The Morgan fingerprint density at radius 3 is 2.78 bits per heavy atom. The Labute approximate surface area is 140 Å². The van der Waals surface area contributed by atoms with Crippen molar-refractivity contribution in [3.63, 3.8) is 0 Å². The normalized spacial score (nSPS) is 14.2. The van der Waals surface area contributed by atoms with Crippen molar-refractivity contribution in [2.45, 2.75) is 13.0 Å². The van der Waals surface area contributed by atoms with Gasteiger partial charge in [0.05, 0.1) is 19.8 Å². The Kier molecular flexibility index (Phi) is 4.88. The lowest BCUT2D eigenvalue weighted by Gasteiger charge is -2.10. The summed E-state index contributed by atoms with van der Waals surface area (Å²) in [7, 11) is 0. The maximum atomic E-state index is 5.95. The number of benzene rings is 2. The average molecular weight is 332 g/mol. The third-order valence-electron chi connectivity index (χ3n) is 3.34. The first-order valence-electron chi connectivity index (χ1n) is 7.42. The van der Waals surface area contributed by atoms with Crippen LogP contribution < -0.4 is 20.5 Å². The molecule has 1 aliphatic heterocycles. The lowest BCUT2D eigenvalue weighted by atomic mass is 10.2. The van der Waals surface area contributed by atoms with E-state index in [2.05, 4.69) is 10.3 Å². The smallest absolute Gasteiger partial charge is 0.193 e. The second-order valence-corrected chi connectivity index (χ2v) is 5.60. The molecule has 0 radical (unpaired) electrons. The van der Waals surface area contributed by atoms with Crippen LogP contribution in [0.5, 0.6) is 11.5 Å². The summed E-state index contributed by atoms with van der Waals surface area (Å²) in [5.74, 6) is 1.80. The average Bonchev–Trinajstić information content (AvgIpc) is 2.78. The van der Waals surface area contributed by atoms with E-state index in [-0.39, 0.29) is 0 Å². The van der Waals surface area contributed by atoms with Crippen LogP contribution in [0.2, 0.25) is 5.02 Å². The number of nitrogens with one attached hydrogen (secondary N) is 1. The topological polar surface area (TPSA) is 68.9 Å². The number of guanidine groups is 1. The van der Waals surface area contributed by atoms with Gasteiger partial charge in [0.1, 0.15) is 0 Å². The molecule has 2 aromatic carbocycles. The van der Waals surface area contributed by atoms with E-state index in [9.17, 15) is 0 Å². The van der Waals surface area contributed by atoms with Crippen LogP contribution in [0.4, 0.5) is 5.69 Å². The van der Waals surface area contributed by atoms with E-state index >= 15 is 0 Å². The molecule has 23 heavy (non-hydrogen) atoms. The second kappa shape index (κ2) is 7.24. The van der Waals surface area contributed by atoms with Crippen LogP contribution in [-0.4, -0.2) is 19.2 Å². The number of aliphatic imine (C=N–C) groups is 1. The zero-order chi connectivity index (χ0) is 16.1. The lowest BCUT2D eigenvalue weighted by Crippen LogP contribution is -2.22. The maximum absolute atomic E-state index is 5.95. The number of fused-ring (bicyclic) bond motifs is 1. The van der Waals surface area contributed by atoms with Gasteiger partial charge in [-0.2, -0.15) is 0 Å². The van der Waals surface area contributed by atoms with Crippen LogP contribution in [0.3, 0.4) is 0 Å². The van der Waals surface area contributed by atoms with Crippen LogP contribution in [0.25, 0.3) is 0 Å². The molecule has 6 heteroatoms. The molecule has 0 saturated heterocycles. The van der Waals surface area contributed by atoms with E-state index in [4.69, 9.17) is 26.8 Å². The molecule has 0 amide bonds. The minimum Gasteiger partial charge on any atom is -0.490 e.